The SMILES string of the molecule is Cc1ccc(C(=O)N2CCc3nc(C(=O)NCC4CC4)n(C)c3CC2)o1. The van der Waals surface area contributed by atoms with Gasteiger partial charge < -0.3 is 19.2 Å². The van der Waals surface area contributed by atoms with Crippen LogP contribution >= 0.6 is 0 Å². The number of carbonyl (C=O) groups excluding carboxylic acids is 2. The van der Waals surface area contributed by atoms with Crippen LogP contribution in [0.25, 0.3) is 0 Å². The van der Waals surface area contributed by atoms with Crippen LogP contribution in [0.2, 0.25) is 0 Å². The second-order valence-electron chi connectivity index (χ2n) is 7.24. The number of aromatic nitrogens is 2. The van der Waals surface area contributed by atoms with E-state index >= 15 is 0 Å². The van der Waals surface area contributed by atoms with Crippen molar-refractivity contribution >= 4 is 11.8 Å². The van der Waals surface area contributed by atoms with Crippen molar-refractivity contribution in [3.8, 4) is 0 Å². The first-order valence-corrected chi connectivity index (χ1v) is 9.21. The second kappa shape index (κ2) is 6.63. The Morgan fingerprint density at radius 2 is 2.04 bits per heavy atom. The monoisotopic (exact) mass is 356 g/mol. The molecule has 7 heteroatoms. The molecule has 0 bridgehead atoms. The molecule has 1 aliphatic carbocycles. The standard InChI is InChI=1S/C19H24N4O3/c1-12-3-6-16(26-12)19(25)23-9-7-14-15(8-10-23)22(2)17(21-14)18(24)20-11-13-4-5-13/h3,6,13H,4-5,7-11H2,1-2H3,(H,20,24). The summed E-state index contributed by atoms with van der Waals surface area (Å²) in [6, 6.07) is 3.52. The van der Waals surface area contributed by atoms with Crippen LogP contribution in [0.3, 0.4) is 0 Å². The molecule has 4 rings (SSSR count). The number of rotatable bonds is 4. The van der Waals surface area contributed by atoms with Gasteiger partial charge in [0.2, 0.25) is 0 Å². The number of hydrogen-bond donors (Lipinski definition) is 1. The minimum atomic E-state index is -0.105. The van der Waals surface area contributed by atoms with E-state index in [9.17, 15) is 9.59 Å². The third-order valence-electron chi connectivity index (χ3n) is 5.22. The molecule has 2 aromatic rings. The highest BCUT2D eigenvalue weighted by Crippen LogP contribution is 2.27. The minimum absolute atomic E-state index is 0.0895. The van der Waals surface area contributed by atoms with Gasteiger partial charge in [-0.05, 0) is 37.8 Å². The van der Waals surface area contributed by atoms with Gasteiger partial charge in [0.25, 0.3) is 11.8 Å². The third kappa shape index (κ3) is 3.25. The van der Waals surface area contributed by atoms with Crippen molar-refractivity contribution in [2.75, 3.05) is 19.6 Å². The number of aryl methyl sites for hydroxylation is 1. The maximum Gasteiger partial charge on any atom is 0.289 e. The van der Waals surface area contributed by atoms with Gasteiger partial charge in [0.05, 0.1) is 5.69 Å². The van der Waals surface area contributed by atoms with E-state index in [-0.39, 0.29) is 11.8 Å². The Bertz CT molecular complexity index is 847. The molecule has 1 aliphatic heterocycles. The summed E-state index contributed by atoms with van der Waals surface area (Å²) in [6.07, 6.45) is 3.73. The Morgan fingerprint density at radius 3 is 2.73 bits per heavy atom. The summed E-state index contributed by atoms with van der Waals surface area (Å²) in [7, 11) is 1.88. The molecule has 0 unspecified atom stereocenters. The fourth-order valence-electron chi connectivity index (χ4n) is 3.44. The molecule has 26 heavy (non-hydrogen) atoms. The van der Waals surface area contributed by atoms with Crippen molar-refractivity contribution in [3.05, 3.63) is 40.9 Å². The van der Waals surface area contributed by atoms with Gasteiger partial charge in [-0.1, -0.05) is 0 Å². The van der Waals surface area contributed by atoms with Crippen molar-refractivity contribution < 1.29 is 14.0 Å². The molecule has 7 nitrogen and oxygen atoms in total. The summed E-state index contributed by atoms with van der Waals surface area (Å²) in [5, 5.41) is 2.98. The molecule has 2 aromatic heterocycles. The first-order chi connectivity index (χ1) is 12.5. The Morgan fingerprint density at radius 1 is 1.27 bits per heavy atom. The van der Waals surface area contributed by atoms with Crippen molar-refractivity contribution in [2.24, 2.45) is 13.0 Å². The van der Waals surface area contributed by atoms with Crippen molar-refractivity contribution in [3.63, 3.8) is 0 Å². The molecule has 0 atom stereocenters. The molecule has 1 fully saturated rings. The van der Waals surface area contributed by atoms with Gasteiger partial charge in [-0.2, -0.15) is 0 Å². The van der Waals surface area contributed by atoms with Gasteiger partial charge in [0.15, 0.2) is 11.6 Å². The molecule has 3 heterocycles. The summed E-state index contributed by atoms with van der Waals surface area (Å²) in [5.74, 6) is 2.02. The van der Waals surface area contributed by atoms with Crippen LogP contribution in [0.4, 0.5) is 0 Å². The first-order valence-electron chi connectivity index (χ1n) is 9.21. The number of nitrogens with one attached hydrogen (secondary N) is 1. The highest BCUT2D eigenvalue weighted by molar-refractivity contribution is 5.92. The molecule has 1 N–H and O–H groups in total. The maximum absolute atomic E-state index is 12.6. The van der Waals surface area contributed by atoms with Crippen molar-refractivity contribution in [2.45, 2.75) is 32.6 Å². The number of furan rings is 1. The minimum Gasteiger partial charge on any atom is -0.456 e. The van der Waals surface area contributed by atoms with Gasteiger partial charge >= 0.3 is 0 Å². The summed E-state index contributed by atoms with van der Waals surface area (Å²) < 4.78 is 7.34. The molecule has 0 aromatic carbocycles. The van der Waals surface area contributed by atoms with E-state index < -0.39 is 0 Å². The summed E-state index contributed by atoms with van der Waals surface area (Å²) in [5.41, 5.74) is 1.95. The van der Waals surface area contributed by atoms with Crippen LogP contribution < -0.4 is 5.32 Å². The molecule has 2 aliphatic rings. The number of imidazole rings is 1. The van der Waals surface area contributed by atoms with Gasteiger partial charge in [-0.3, -0.25) is 9.59 Å². The average Bonchev–Trinajstić information content (AvgIpc) is 3.33. The van der Waals surface area contributed by atoms with E-state index in [1.54, 1.807) is 17.0 Å². The zero-order valence-corrected chi connectivity index (χ0v) is 15.2. The molecule has 1 saturated carbocycles. The first kappa shape index (κ1) is 16.9. The Kier molecular flexibility index (Phi) is 4.30. The van der Waals surface area contributed by atoms with Gasteiger partial charge in [-0.15, -0.1) is 0 Å². The van der Waals surface area contributed by atoms with E-state index in [2.05, 4.69) is 10.3 Å². The molecule has 2 amide bonds. The fraction of sp³-hybridized carbons (Fsp3) is 0.526. The predicted molar refractivity (Wildman–Crippen MR) is 95.0 cm³/mol. The van der Waals surface area contributed by atoms with Crippen LogP contribution in [0.15, 0.2) is 16.5 Å². The maximum atomic E-state index is 12.6. The number of carbonyl (C=O) groups is 2. The van der Waals surface area contributed by atoms with E-state index in [0.717, 1.165) is 23.7 Å². The topological polar surface area (TPSA) is 80.4 Å². The normalized spacial score (nSPS) is 16.9. The molecule has 0 radical (unpaired) electrons. The zero-order chi connectivity index (χ0) is 18.3. The second-order valence-corrected chi connectivity index (χ2v) is 7.24. The highest BCUT2D eigenvalue weighted by atomic mass is 16.3. The van der Waals surface area contributed by atoms with Gasteiger partial charge in [0.1, 0.15) is 5.76 Å². The number of fused-ring (bicyclic) bond motifs is 1. The van der Waals surface area contributed by atoms with E-state index in [0.29, 0.717) is 43.4 Å². The smallest absolute Gasteiger partial charge is 0.289 e. The van der Waals surface area contributed by atoms with Crippen LogP contribution in [-0.4, -0.2) is 45.9 Å². The van der Waals surface area contributed by atoms with E-state index in [1.165, 1.54) is 12.8 Å². The van der Waals surface area contributed by atoms with E-state index in [4.69, 9.17) is 4.42 Å². The van der Waals surface area contributed by atoms with E-state index in [1.807, 2.05) is 18.5 Å². The molecule has 0 saturated heterocycles. The van der Waals surface area contributed by atoms with Crippen molar-refractivity contribution in [1.82, 2.24) is 19.8 Å². The Hall–Kier alpha value is -2.57. The quantitative estimate of drug-likeness (QED) is 0.904. The Labute approximate surface area is 152 Å². The lowest BCUT2D eigenvalue weighted by Crippen LogP contribution is -2.33. The largest absolute Gasteiger partial charge is 0.456 e. The van der Waals surface area contributed by atoms with Crippen molar-refractivity contribution in [1.29, 1.82) is 0 Å². The average molecular weight is 356 g/mol. The lowest BCUT2D eigenvalue weighted by molar-refractivity contribution is 0.0728. The highest BCUT2D eigenvalue weighted by Gasteiger charge is 2.28. The number of amides is 2. The summed E-state index contributed by atoms with van der Waals surface area (Å²) in [4.78, 5) is 31.4. The molecule has 0 spiro atoms. The van der Waals surface area contributed by atoms with Gasteiger partial charge in [-0.25, -0.2) is 4.98 Å². The number of hydrogen-bond acceptors (Lipinski definition) is 4. The van der Waals surface area contributed by atoms with Crippen LogP contribution in [0.5, 0.6) is 0 Å². The Balaban J connectivity index is 1.45. The lowest BCUT2D eigenvalue weighted by Gasteiger charge is -2.19. The lowest BCUT2D eigenvalue weighted by atomic mass is 10.2. The van der Waals surface area contributed by atoms with Crippen LogP contribution in [0, 0.1) is 12.8 Å². The predicted octanol–water partition coefficient (Wildman–Crippen LogP) is 1.70. The third-order valence-corrected chi connectivity index (χ3v) is 5.22. The summed E-state index contributed by atoms with van der Waals surface area (Å²) in [6.45, 7) is 3.73. The van der Waals surface area contributed by atoms with Crippen LogP contribution in [-0.2, 0) is 19.9 Å². The molecule has 138 valence electrons. The number of nitrogens with zero attached hydrogens (tertiary/aromatic N) is 3. The van der Waals surface area contributed by atoms with Crippen LogP contribution in [0.1, 0.15) is 51.2 Å². The molecular weight excluding hydrogens is 332 g/mol. The zero-order valence-electron chi connectivity index (χ0n) is 15.2. The molecular formula is C19H24N4O3. The van der Waals surface area contributed by atoms with Gasteiger partial charge in [0, 0.05) is 45.2 Å². The fourth-order valence-corrected chi connectivity index (χ4v) is 3.44. The summed E-state index contributed by atoms with van der Waals surface area (Å²) >= 11 is 0.